The predicted octanol–water partition coefficient (Wildman–Crippen LogP) is 4.29. The average Bonchev–Trinajstić information content (AvgIpc) is 3.22. The molecule has 38 heavy (non-hydrogen) atoms. The van der Waals surface area contributed by atoms with Crippen molar-refractivity contribution < 1.29 is 19.5 Å². The van der Waals surface area contributed by atoms with Crippen LogP contribution in [-0.2, 0) is 16.0 Å². The van der Waals surface area contributed by atoms with E-state index in [1.165, 1.54) is 0 Å². The summed E-state index contributed by atoms with van der Waals surface area (Å²) in [5.74, 6) is -1.19. The molecule has 0 unspecified atom stereocenters. The van der Waals surface area contributed by atoms with E-state index < -0.39 is 5.97 Å². The van der Waals surface area contributed by atoms with Gasteiger partial charge in [-0.25, -0.2) is 0 Å². The van der Waals surface area contributed by atoms with Gasteiger partial charge in [0, 0.05) is 48.0 Å². The van der Waals surface area contributed by atoms with Gasteiger partial charge in [-0.2, -0.15) is 0 Å². The van der Waals surface area contributed by atoms with Gasteiger partial charge in [0.2, 0.25) is 0 Å². The maximum absolute atomic E-state index is 13.1. The summed E-state index contributed by atoms with van der Waals surface area (Å²) in [4.78, 5) is 41.3. The zero-order chi connectivity index (χ0) is 26.8. The number of hydrogen-bond acceptors (Lipinski definition) is 5. The Balaban J connectivity index is 1.48. The molecule has 3 N–H and O–H groups in total. The summed E-state index contributed by atoms with van der Waals surface area (Å²) in [6.45, 7) is 3.09. The highest BCUT2D eigenvalue weighted by Gasteiger charge is 2.29. The van der Waals surface area contributed by atoms with Crippen molar-refractivity contribution in [1.82, 2.24) is 9.80 Å². The Labute approximate surface area is 225 Å². The Hall–Kier alpha value is -4.14. The van der Waals surface area contributed by atoms with Crippen molar-refractivity contribution in [2.45, 2.75) is 6.42 Å². The molecule has 3 aromatic rings. The van der Waals surface area contributed by atoms with Crippen molar-refractivity contribution in [2.24, 2.45) is 0 Å². The third-order valence-corrected chi connectivity index (χ3v) is 7.00. The number of benzene rings is 3. The molecule has 1 fully saturated rings. The SMILES string of the molecule is CN1CCN(C(=O)c2ccc(N/C(=C3\C(=O)Nc4cc(Cl)ccc43)c3ccc(CC(=O)O)cc3)cc2)CC1. The molecule has 1 saturated heterocycles. The number of carbonyl (C=O) groups excluding carboxylic acids is 2. The zero-order valence-electron chi connectivity index (χ0n) is 20.8. The molecule has 2 heterocycles. The predicted molar refractivity (Wildman–Crippen MR) is 148 cm³/mol. The fraction of sp³-hybridized carbons (Fsp3) is 0.207. The minimum atomic E-state index is -0.915. The van der Waals surface area contributed by atoms with Crippen LogP contribution in [0.5, 0.6) is 0 Å². The molecule has 0 radical (unpaired) electrons. The number of piperazine rings is 1. The number of likely N-dealkylation sites (N-methyl/N-ethyl adjacent to an activating group) is 1. The molecule has 0 spiro atoms. The van der Waals surface area contributed by atoms with Gasteiger partial charge in [-0.05, 0) is 54.6 Å². The summed E-state index contributed by atoms with van der Waals surface area (Å²) < 4.78 is 0. The molecule has 0 atom stereocenters. The van der Waals surface area contributed by atoms with E-state index in [1.54, 1.807) is 54.6 Å². The number of amides is 2. The smallest absolute Gasteiger partial charge is 0.307 e. The highest BCUT2D eigenvalue weighted by molar-refractivity contribution is 6.38. The molecule has 0 aromatic heterocycles. The van der Waals surface area contributed by atoms with Crippen LogP contribution in [0, 0.1) is 0 Å². The van der Waals surface area contributed by atoms with Gasteiger partial charge >= 0.3 is 5.97 Å². The van der Waals surface area contributed by atoms with Crippen molar-refractivity contribution in [3.63, 3.8) is 0 Å². The third-order valence-electron chi connectivity index (χ3n) is 6.77. The van der Waals surface area contributed by atoms with E-state index in [9.17, 15) is 14.4 Å². The number of carboxylic acids is 1. The number of nitrogens with zero attached hydrogens (tertiary/aromatic N) is 2. The van der Waals surface area contributed by atoms with E-state index in [2.05, 4.69) is 15.5 Å². The molecule has 2 aliphatic heterocycles. The largest absolute Gasteiger partial charge is 0.481 e. The summed E-state index contributed by atoms with van der Waals surface area (Å²) in [6, 6.07) is 19.5. The molecule has 9 heteroatoms. The van der Waals surface area contributed by atoms with Crippen LogP contribution in [0.3, 0.4) is 0 Å². The highest BCUT2D eigenvalue weighted by Crippen LogP contribution is 2.38. The van der Waals surface area contributed by atoms with Gasteiger partial charge < -0.3 is 25.5 Å². The van der Waals surface area contributed by atoms with Crippen LogP contribution < -0.4 is 10.6 Å². The second-order valence-electron chi connectivity index (χ2n) is 9.46. The Morgan fingerprint density at radius 3 is 2.26 bits per heavy atom. The van der Waals surface area contributed by atoms with Crippen LogP contribution in [0.15, 0.2) is 66.7 Å². The first kappa shape index (κ1) is 25.5. The second kappa shape index (κ2) is 10.7. The minimum absolute atomic E-state index is 0.00164. The minimum Gasteiger partial charge on any atom is -0.481 e. The van der Waals surface area contributed by atoms with Crippen molar-refractivity contribution in [2.75, 3.05) is 43.9 Å². The van der Waals surface area contributed by atoms with Crippen molar-refractivity contribution in [3.05, 3.63) is 94.0 Å². The maximum atomic E-state index is 13.1. The Kier molecular flexibility index (Phi) is 7.18. The number of fused-ring (bicyclic) bond motifs is 1. The number of hydrogen-bond donors (Lipinski definition) is 3. The molecular formula is C29H27ClN4O4. The summed E-state index contributed by atoms with van der Waals surface area (Å²) in [7, 11) is 2.05. The standard InChI is InChI=1S/C29H27ClN4O4/c1-33-12-14-34(15-13-33)29(38)20-6-9-22(10-7-20)31-27(19-4-2-18(3-5-19)16-25(35)36)26-23-11-8-21(30)17-24(23)32-28(26)37/h2-11,17,31H,12-16H2,1H3,(H,32,37)(H,35,36)/b27-26-. The normalized spacial score (nSPS) is 16.6. The van der Waals surface area contributed by atoms with E-state index in [0.717, 1.165) is 13.1 Å². The van der Waals surface area contributed by atoms with Gasteiger partial charge in [-0.3, -0.25) is 14.4 Å². The number of carboxylic acid groups (broad SMARTS) is 1. The van der Waals surface area contributed by atoms with Crippen molar-refractivity contribution >= 4 is 52.0 Å². The maximum Gasteiger partial charge on any atom is 0.307 e. The number of aliphatic carboxylic acids is 1. The van der Waals surface area contributed by atoms with Gasteiger partial charge in [-0.1, -0.05) is 41.9 Å². The summed E-state index contributed by atoms with van der Waals surface area (Å²) in [5, 5.41) is 15.9. The van der Waals surface area contributed by atoms with E-state index in [1.807, 2.05) is 24.1 Å². The van der Waals surface area contributed by atoms with Crippen LogP contribution in [0.1, 0.15) is 27.0 Å². The Bertz CT molecular complexity index is 1430. The molecule has 2 aliphatic rings. The van der Waals surface area contributed by atoms with Gasteiger partial charge in [0.1, 0.15) is 0 Å². The van der Waals surface area contributed by atoms with Gasteiger partial charge in [0.15, 0.2) is 0 Å². The lowest BCUT2D eigenvalue weighted by Crippen LogP contribution is -2.47. The molecule has 0 saturated carbocycles. The van der Waals surface area contributed by atoms with Crippen molar-refractivity contribution in [1.29, 1.82) is 0 Å². The lowest BCUT2D eigenvalue weighted by Gasteiger charge is -2.32. The summed E-state index contributed by atoms with van der Waals surface area (Å²) >= 11 is 6.14. The van der Waals surface area contributed by atoms with Gasteiger partial charge in [-0.15, -0.1) is 0 Å². The number of anilines is 2. The summed E-state index contributed by atoms with van der Waals surface area (Å²) in [6.07, 6.45) is -0.0930. The second-order valence-corrected chi connectivity index (χ2v) is 9.90. The molecule has 194 valence electrons. The molecule has 0 bridgehead atoms. The fourth-order valence-corrected chi connectivity index (χ4v) is 4.84. The number of carbonyl (C=O) groups is 3. The first-order chi connectivity index (χ1) is 18.3. The lowest BCUT2D eigenvalue weighted by atomic mass is 9.98. The zero-order valence-corrected chi connectivity index (χ0v) is 21.6. The van der Waals surface area contributed by atoms with E-state index in [4.69, 9.17) is 16.7 Å². The molecule has 8 nitrogen and oxygen atoms in total. The van der Waals surface area contributed by atoms with Crippen LogP contribution >= 0.6 is 11.6 Å². The number of nitrogens with one attached hydrogen (secondary N) is 2. The van der Waals surface area contributed by atoms with Crippen LogP contribution in [0.2, 0.25) is 5.02 Å². The van der Waals surface area contributed by atoms with Crippen LogP contribution in [0.4, 0.5) is 11.4 Å². The van der Waals surface area contributed by atoms with Crippen LogP contribution in [-0.4, -0.2) is 65.9 Å². The quantitative estimate of drug-likeness (QED) is 0.411. The first-order valence-electron chi connectivity index (χ1n) is 12.3. The molecular weight excluding hydrogens is 504 g/mol. The lowest BCUT2D eigenvalue weighted by molar-refractivity contribution is -0.136. The molecule has 0 aliphatic carbocycles. The molecule has 2 amide bonds. The van der Waals surface area contributed by atoms with E-state index >= 15 is 0 Å². The van der Waals surface area contributed by atoms with E-state index in [0.29, 0.717) is 63.0 Å². The van der Waals surface area contributed by atoms with Crippen molar-refractivity contribution in [3.8, 4) is 0 Å². The fourth-order valence-electron chi connectivity index (χ4n) is 4.67. The van der Waals surface area contributed by atoms with Crippen LogP contribution in [0.25, 0.3) is 11.3 Å². The number of halogens is 1. The van der Waals surface area contributed by atoms with E-state index in [-0.39, 0.29) is 18.2 Å². The molecule has 5 rings (SSSR count). The first-order valence-corrected chi connectivity index (χ1v) is 12.7. The van der Waals surface area contributed by atoms with Gasteiger partial charge in [0.05, 0.1) is 23.4 Å². The highest BCUT2D eigenvalue weighted by atomic mass is 35.5. The Morgan fingerprint density at radius 1 is 0.947 bits per heavy atom. The molecule has 3 aromatic carbocycles. The average molecular weight is 531 g/mol. The topological polar surface area (TPSA) is 102 Å². The summed E-state index contributed by atoms with van der Waals surface area (Å²) in [5.41, 5.74) is 5.00. The number of rotatable bonds is 6. The van der Waals surface area contributed by atoms with Gasteiger partial charge in [0.25, 0.3) is 11.8 Å². The Morgan fingerprint density at radius 2 is 1.61 bits per heavy atom. The third kappa shape index (κ3) is 5.41. The monoisotopic (exact) mass is 530 g/mol.